The Balaban J connectivity index is 2.36. The highest BCUT2D eigenvalue weighted by atomic mass is 16.6. The number of alkyl carbamates (subject to hydrolysis) is 1. The number of guanidine groups is 1. The lowest BCUT2D eigenvalue weighted by Crippen LogP contribution is -2.49. The van der Waals surface area contributed by atoms with E-state index in [9.17, 15) is 4.79 Å². The topological polar surface area (TPSA) is 99.7 Å². The van der Waals surface area contributed by atoms with Crippen LogP contribution in [-0.4, -0.2) is 54.4 Å². The molecule has 0 aliphatic rings. The zero-order valence-corrected chi connectivity index (χ0v) is 18.8. The molecular formula is C21H38N6O2. The number of rotatable bonds is 10. The van der Waals surface area contributed by atoms with E-state index in [0.29, 0.717) is 6.54 Å². The van der Waals surface area contributed by atoms with Crippen LogP contribution in [-0.2, 0) is 4.74 Å². The van der Waals surface area contributed by atoms with Crippen molar-refractivity contribution in [1.29, 1.82) is 0 Å². The molecule has 0 atom stereocenters. The van der Waals surface area contributed by atoms with Gasteiger partial charge in [0.15, 0.2) is 5.96 Å². The number of nitrogens with zero attached hydrogens (tertiary/aromatic N) is 2. The number of aromatic nitrogens is 1. The minimum atomic E-state index is -0.522. The molecule has 0 fully saturated rings. The van der Waals surface area contributed by atoms with Crippen LogP contribution in [0.5, 0.6) is 0 Å². The summed E-state index contributed by atoms with van der Waals surface area (Å²) in [6, 6.07) is 5.83. The average molecular weight is 407 g/mol. The third-order valence-corrected chi connectivity index (χ3v) is 3.68. The molecule has 8 nitrogen and oxygen atoms in total. The van der Waals surface area contributed by atoms with Crippen molar-refractivity contribution < 1.29 is 9.53 Å². The first-order chi connectivity index (χ1) is 13.6. The SMILES string of the molecule is CCNC(=NCC(C)(C)NC(=O)OC(C)(C)C)NCCCCNc1ccccn1. The fourth-order valence-electron chi connectivity index (χ4n) is 2.38. The van der Waals surface area contributed by atoms with Gasteiger partial charge in [0.05, 0.1) is 12.1 Å². The van der Waals surface area contributed by atoms with Crippen molar-refractivity contribution in [2.45, 2.75) is 65.5 Å². The second-order valence-electron chi connectivity index (χ2n) is 8.48. The van der Waals surface area contributed by atoms with Gasteiger partial charge in [-0.3, -0.25) is 4.99 Å². The van der Waals surface area contributed by atoms with E-state index < -0.39 is 17.2 Å². The van der Waals surface area contributed by atoms with Gasteiger partial charge in [-0.1, -0.05) is 6.07 Å². The number of amides is 1. The molecule has 1 aromatic heterocycles. The second kappa shape index (κ2) is 12.1. The molecule has 0 aromatic carbocycles. The van der Waals surface area contributed by atoms with Crippen LogP contribution in [0.1, 0.15) is 54.4 Å². The first-order valence-corrected chi connectivity index (χ1v) is 10.3. The smallest absolute Gasteiger partial charge is 0.408 e. The number of carbonyl (C=O) groups is 1. The third kappa shape index (κ3) is 12.5. The molecule has 0 aliphatic carbocycles. The van der Waals surface area contributed by atoms with Gasteiger partial charge in [0.25, 0.3) is 0 Å². The normalized spacial score (nSPS) is 12.3. The number of ether oxygens (including phenoxy) is 1. The summed E-state index contributed by atoms with van der Waals surface area (Å²) >= 11 is 0. The van der Waals surface area contributed by atoms with Gasteiger partial charge in [0.1, 0.15) is 11.4 Å². The highest BCUT2D eigenvalue weighted by molar-refractivity contribution is 5.79. The number of hydrogen-bond donors (Lipinski definition) is 4. The van der Waals surface area contributed by atoms with Crippen LogP contribution in [0.3, 0.4) is 0 Å². The first kappa shape index (κ1) is 24.5. The number of carbonyl (C=O) groups excluding carboxylic acids is 1. The van der Waals surface area contributed by atoms with E-state index in [0.717, 1.165) is 44.3 Å². The van der Waals surface area contributed by atoms with Crippen molar-refractivity contribution in [3.8, 4) is 0 Å². The lowest BCUT2D eigenvalue weighted by Gasteiger charge is -2.27. The molecule has 1 rings (SSSR count). The Hall–Kier alpha value is -2.51. The summed E-state index contributed by atoms with van der Waals surface area (Å²) in [4.78, 5) is 20.8. The van der Waals surface area contributed by atoms with Crippen molar-refractivity contribution in [3.63, 3.8) is 0 Å². The molecule has 0 saturated carbocycles. The number of pyridine rings is 1. The number of nitrogens with one attached hydrogen (secondary N) is 4. The highest BCUT2D eigenvalue weighted by Crippen LogP contribution is 2.09. The van der Waals surface area contributed by atoms with Crippen molar-refractivity contribution in [2.24, 2.45) is 4.99 Å². The number of anilines is 1. The summed E-state index contributed by atoms with van der Waals surface area (Å²) < 4.78 is 5.32. The van der Waals surface area contributed by atoms with Crippen LogP contribution >= 0.6 is 0 Å². The Bertz CT molecular complexity index is 626. The fourth-order valence-corrected chi connectivity index (χ4v) is 2.38. The Morgan fingerprint density at radius 2 is 1.83 bits per heavy atom. The molecule has 0 unspecified atom stereocenters. The molecular weight excluding hydrogens is 368 g/mol. The van der Waals surface area contributed by atoms with Gasteiger partial charge in [-0.05, 0) is 66.5 Å². The van der Waals surface area contributed by atoms with E-state index in [-0.39, 0.29) is 0 Å². The summed E-state index contributed by atoms with van der Waals surface area (Å²) in [7, 11) is 0. The van der Waals surface area contributed by atoms with Gasteiger partial charge in [-0.25, -0.2) is 9.78 Å². The highest BCUT2D eigenvalue weighted by Gasteiger charge is 2.24. The van der Waals surface area contributed by atoms with Crippen molar-refractivity contribution >= 4 is 17.9 Å². The van der Waals surface area contributed by atoms with Crippen LogP contribution in [0, 0.1) is 0 Å². The van der Waals surface area contributed by atoms with Gasteiger partial charge in [0.2, 0.25) is 0 Å². The van der Waals surface area contributed by atoms with Crippen LogP contribution in [0.15, 0.2) is 29.4 Å². The molecule has 0 radical (unpaired) electrons. The molecule has 0 aliphatic heterocycles. The maximum absolute atomic E-state index is 12.0. The molecule has 8 heteroatoms. The average Bonchev–Trinajstić information content (AvgIpc) is 2.61. The maximum Gasteiger partial charge on any atom is 0.408 e. The summed E-state index contributed by atoms with van der Waals surface area (Å²) in [6.45, 7) is 14.3. The third-order valence-electron chi connectivity index (χ3n) is 3.68. The lowest BCUT2D eigenvalue weighted by atomic mass is 10.1. The second-order valence-corrected chi connectivity index (χ2v) is 8.48. The van der Waals surface area contributed by atoms with Crippen LogP contribution in [0.25, 0.3) is 0 Å². The molecule has 0 spiro atoms. The van der Waals surface area contributed by atoms with Crippen LogP contribution < -0.4 is 21.3 Å². The monoisotopic (exact) mass is 406 g/mol. The van der Waals surface area contributed by atoms with E-state index in [1.54, 1.807) is 6.20 Å². The Morgan fingerprint density at radius 3 is 2.45 bits per heavy atom. The molecule has 164 valence electrons. The summed E-state index contributed by atoms with van der Waals surface area (Å²) in [5.41, 5.74) is -1.04. The predicted octanol–water partition coefficient (Wildman–Crippen LogP) is 3.13. The van der Waals surface area contributed by atoms with Crippen molar-refractivity contribution in [2.75, 3.05) is 31.5 Å². The Morgan fingerprint density at radius 1 is 1.10 bits per heavy atom. The van der Waals surface area contributed by atoms with Gasteiger partial charge >= 0.3 is 6.09 Å². The lowest BCUT2D eigenvalue weighted by molar-refractivity contribution is 0.0476. The standard InChI is InChI=1S/C21H38N6O2/c1-7-22-18(25-15-11-10-14-24-17-12-8-9-13-23-17)26-16-21(5,6)27-19(28)29-20(2,3)4/h8-9,12-13H,7,10-11,14-16H2,1-6H3,(H,23,24)(H,27,28)(H2,22,25,26). The molecule has 1 heterocycles. The molecule has 1 aromatic rings. The molecule has 1 amide bonds. The van der Waals surface area contributed by atoms with Gasteiger partial charge in [-0.15, -0.1) is 0 Å². The quantitative estimate of drug-likeness (QED) is 0.271. The largest absolute Gasteiger partial charge is 0.444 e. The maximum atomic E-state index is 12.0. The van der Waals surface area contributed by atoms with E-state index in [1.165, 1.54) is 0 Å². The van der Waals surface area contributed by atoms with Crippen LogP contribution in [0.2, 0.25) is 0 Å². The van der Waals surface area contributed by atoms with E-state index in [4.69, 9.17) is 4.74 Å². The minimum Gasteiger partial charge on any atom is -0.444 e. The summed E-state index contributed by atoms with van der Waals surface area (Å²) in [5, 5.41) is 12.7. The zero-order valence-electron chi connectivity index (χ0n) is 18.8. The van der Waals surface area contributed by atoms with Gasteiger partial charge in [-0.2, -0.15) is 0 Å². The molecule has 4 N–H and O–H groups in total. The Labute approximate surface area is 175 Å². The van der Waals surface area contributed by atoms with E-state index >= 15 is 0 Å². The van der Waals surface area contributed by atoms with E-state index in [1.807, 2.05) is 59.7 Å². The molecule has 0 saturated heterocycles. The van der Waals surface area contributed by atoms with Crippen molar-refractivity contribution in [1.82, 2.24) is 20.9 Å². The minimum absolute atomic E-state index is 0.433. The summed E-state index contributed by atoms with van der Waals surface area (Å²) in [6.07, 6.45) is 3.37. The molecule has 0 bridgehead atoms. The van der Waals surface area contributed by atoms with Gasteiger partial charge < -0.3 is 26.0 Å². The number of aliphatic imine (C=N–C) groups is 1. The van der Waals surface area contributed by atoms with Crippen LogP contribution in [0.4, 0.5) is 10.6 Å². The van der Waals surface area contributed by atoms with E-state index in [2.05, 4.69) is 31.2 Å². The number of hydrogen-bond acceptors (Lipinski definition) is 5. The zero-order chi connectivity index (χ0) is 21.8. The molecule has 29 heavy (non-hydrogen) atoms. The van der Waals surface area contributed by atoms with Crippen molar-refractivity contribution in [3.05, 3.63) is 24.4 Å². The Kier molecular flexibility index (Phi) is 10.3. The predicted molar refractivity (Wildman–Crippen MR) is 119 cm³/mol. The summed E-state index contributed by atoms with van der Waals surface area (Å²) in [5.74, 6) is 1.64. The first-order valence-electron chi connectivity index (χ1n) is 10.3. The fraction of sp³-hybridized carbons (Fsp3) is 0.667. The number of unbranched alkanes of at least 4 members (excludes halogenated alkanes) is 1. The van der Waals surface area contributed by atoms with Gasteiger partial charge in [0, 0.05) is 25.8 Å².